The third kappa shape index (κ3) is 1.13. The molecule has 0 aliphatic carbocycles. The van der Waals surface area contributed by atoms with Crippen LogP contribution < -0.4 is 0 Å². The standard InChI is InChI=1S/C8H7IN2/c9-5-7-6-10-8-3-1-2-4-11(7)8/h1-5H,6H2/b7-5+. The second kappa shape index (κ2) is 2.81. The molecule has 0 unspecified atom stereocenters. The number of rotatable bonds is 0. The number of amidine groups is 1. The summed E-state index contributed by atoms with van der Waals surface area (Å²) in [5.41, 5.74) is 1.25. The first-order chi connectivity index (χ1) is 5.42. The van der Waals surface area contributed by atoms with Crippen LogP contribution in [0.15, 0.2) is 39.2 Å². The van der Waals surface area contributed by atoms with E-state index < -0.39 is 0 Å². The van der Waals surface area contributed by atoms with Gasteiger partial charge in [-0.3, -0.25) is 4.99 Å². The molecule has 2 heterocycles. The van der Waals surface area contributed by atoms with Crippen molar-refractivity contribution in [1.29, 1.82) is 0 Å². The normalized spacial score (nSPS) is 24.3. The molecule has 0 saturated carbocycles. The number of nitrogens with zero attached hydrogens (tertiary/aromatic N) is 2. The molecule has 0 amide bonds. The predicted molar refractivity (Wildman–Crippen MR) is 54.5 cm³/mol. The van der Waals surface area contributed by atoms with Crippen molar-refractivity contribution in [3.63, 3.8) is 0 Å². The fraction of sp³-hybridized carbons (Fsp3) is 0.125. The van der Waals surface area contributed by atoms with Crippen LogP contribution in [-0.4, -0.2) is 17.3 Å². The summed E-state index contributed by atoms with van der Waals surface area (Å²) >= 11 is 2.24. The molecule has 2 rings (SSSR count). The average Bonchev–Trinajstić information content (AvgIpc) is 2.47. The number of hydrogen-bond acceptors (Lipinski definition) is 2. The molecule has 0 N–H and O–H groups in total. The monoisotopic (exact) mass is 258 g/mol. The third-order valence-electron chi connectivity index (χ3n) is 1.68. The third-order valence-corrected chi connectivity index (χ3v) is 2.40. The summed E-state index contributed by atoms with van der Waals surface area (Å²) in [7, 11) is 0. The van der Waals surface area contributed by atoms with E-state index in [1.54, 1.807) is 0 Å². The van der Waals surface area contributed by atoms with Crippen molar-refractivity contribution in [3.8, 4) is 0 Å². The van der Waals surface area contributed by atoms with E-state index in [9.17, 15) is 0 Å². The lowest BCUT2D eigenvalue weighted by Crippen LogP contribution is -2.19. The van der Waals surface area contributed by atoms with Gasteiger partial charge < -0.3 is 4.90 Å². The maximum Gasteiger partial charge on any atom is 0.132 e. The topological polar surface area (TPSA) is 15.6 Å². The van der Waals surface area contributed by atoms with Crippen LogP contribution in [0.1, 0.15) is 0 Å². The highest BCUT2D eigenvalue weighted by Crippen LogP contribution is 2.19. The molecule has 0 bridgehead atoms. The van der Waals surface area contributed by atoms with E-state index in [1.165, 1.54) is 5.70 Å². The van der Waals surface area contributed by atoms with Gasteiger partial charge in [0.25, 0.3) is 0 Å². The number of fused-ring (bicyclic) bond motifs is 1. The van der Waals surface area contributed by atoms with Gasteiger partial charge in [-0.2, -0.15) is 0 Å². The number of aliphatic imine (C=N–C) groups is 1. The van der Waals surface area contributed by atoms with E-state index in [4.69, 9.17) is 0 Å². The van der Waals surface area contributed by atoms with E-state index in [2.05, 4.69) is 36.6 Å². The Hall–Kier alpha value is -0.580. The van der Waals surface area contributed by atoms with E-state index in [-0.39, 0.29) is 0 Å². The lowest BCUT2D eigenvalue weighted by atomic mass is 10.3. The molecule has 56 valence electrons. The highest BCUT2D eigenvalue weighted by atomic mass is 127. The average molecular weight is 258 g/mol. The molecule has 3 heteroatoms. The van der Waals surface area contributed by atoms with Crippen molar-refractivity contribution in [2.75, 3.05) is 6.54 Å². The molecule has 11 heavy (non-hydrogen) atoms. The molecular formula is C8H7IN2. The Morgan fingerprint density at radius 3 is 3.27 bits per heavy atom. The molecule has 2 nitrogen and oxygen atoms in total. The van der Waals surface area contributed by atoms with Crippen molar-refractivity contribution in [2.24, 2.45) is 4.99 Å². The van der Waals surface area contributed by atoms with E-state index in [0.717, 1.165) is 12.4 Å². The van der Waals surface area contributed by atoms with Gasteiger partial charge in [-0.15, -0.1) is 0 Å². The molecule has 0 saturated heterocycles. The summed E-state index contributed by atoms with van der Waals surface area (Å²) < 4.78 is 2.07. The fourth-order valence-corrected chi connectivity index (χ4v) is 1.63. The predicted octanol–water partition coefficient (Wildman–Crippen LogP) is 2.06. The van der Waals surface area contributed by atoms with Crippen molar-refractivity contribution in [3.05, 3.63) is 34.2 Å². The molecule has 2 aliphatic heterocycles. The number of hydrogen-bond donors (Lipinski definition) is 0. The van der Waals surface area contributed by atoms with Crippen molar-refractivity contribution >= 4 is 28.4 Å². The number of halogens is 1. The zero-order chi connectivity index (χ0) is 7.68. The molecular weight excluding hydrogens is 251 g/mol. The first-order valence-corrected chi connectivity index (χ1v) is 4.64. The van der Waals surface area contributed by atoms with Gasteiger partial charge in [0.15, 0.2) is 0 Å². The Labute approximate surface area is 79.1 Å². The molecule has 0 aromatic carbocycles. The van der Waals surface area contributed by atoms with E-state index in [0.29, 0.717) is 0 Å². The molecule has 2 aliphatic rings. The second-order valence-electron chi connectivity index (χ2n) is 2.35. The zero-order valence-electron chi connectivity index (χ0n) is 5.87. The largest absolute Gasteiger partial charge is 0.304 e. The van der Waals surface area contributed by atoms with Crippen molar-refractivity contribution < 1.29 is 0 Å². The molecule has 0 radical (unpaired) electrons. The molecule has 0 spiro atoms. The maximum atomic E-state index is 4.34. The van der Waals surface area contributed by atoms with Crippen LogP contribution in [0, 0.1) is 0 Å². The van der Waals surface area contributed by atoms with Gasteiger partial charge in [0.1, 0.15) is 5.84 Å². The summed E-state index contributed by atoms with van der Waals surface area (Å²) in [5, 5.41) is 0. The van der Waals surface area contributed by atoms with Crippen LogP contribution in [0.4, 0.5) is 0 Å². The summed E-state index contributed by atoms with van der Waals surface area (Å²) in [6.07, 6.45) is 8.08. The number of allylic oxidation sites excluding steroid dienone is 2. The summed E-state index contributed by atoms with van der Waals surface area (Å²) in [6, 6.07) is 0. The van der Waals surface area contributed by atoms with Gasteiger partial charge in [-0.1, -0.05) is 28.7 Å². The molecule has 0 fully saturated rings. The van der Waals surface area contributed by atoms with E-state index in [1.807, 2.05) is 24.4 Å². The Balaban J connectivity index is 2.35. The van der Waals surface area contributed by atoms with Gasteiger partial charge in [0, 0.05) is 6.20 Å². The molecule has 0 atom stereocenters. The van der Waals surface area contributed by atoms with Gasteiger partial charge in [0.2, 0.25) is 0 Å². The van der Waals surface area contributed by atoms with Gasteiger partial charge in [-0.05, 0) is 16.2 Å². The van der Waals surface area contributed by atoms with Crippen LogP contribution in [0.5, 0.6) is 0 Å². The quantitative estimate of drug-likeness (QED) is 0.607. The minimum atomic E-state index is 0.812. The second-order valence-corrected chi connectivity index (χ2v) is 2.97. The van der Waals surface area contributed by atoms with Crippen LogP contribution in [-0.2, 0) is 0 Å². The maximum absolute atomic E-state index is 4.34. The van der Waals surface area contributed by atoms with Crippen LogP contribution in [0.2, 0.25) is 0 Å². The Kier molecular flexibility index (Phi) is 1.81. The lowest BCUT2D eigenvalue weighted by molar-refractivity contribution is 0.718. The smallest absolute Gasteiger partial charge is 0.132 e. The van der Waals surface area contributed by atoms with Crippen LogP contribution in [0.25, 0.3) is 0 Å². The highest BCUT2D eigenvalue weighted by molar-refractivity contribution is 14.1. The van der Waals surface area contributed by atoms with Gasteiger partial charge >= 0.3 is 0 Å². The zero-order valence-corrected chi connectivity index (χ0v) is 8.02. The van der Waals surface area contributed by atoms with Crippen molar-refractivity contribution in [2.45, 2.75) is 0 Å². The summed E-state index contributed by atoms with van der Waals surface area (Å²) in [4.78, 5) is 6.45. The summed E-state index contributed by atoms with van der Waals surface area (Å²) in [6.45, 7) is 0.812. The lowest BCUT2D eigenvalue weighted by Gasteiger charge is -2.16. The minimum Gasteiger partial charge on any atom is -0.304 e. The SMILES string of the molecule is I/C=C1\CN=C2C=CC=CN21. The first kappa shape index (κ1) is 7.09. The van der Waals surface area contributed by atoms with Gasteiger partial charge in [-0.25, -0.2) is 0 Å². The van der Waals surface area contributed by atoms with Crippen LogP contribution in [0.3, 0.4) is 0 Å². The Morgan fingerprint density at radius 1 is 1.55 bits per heavy atom. The first-order valence-electron chi connectivity index (χ1n) is 3.39. The molecule has 0 aromatic heterocycles. The van der Waals surface area contributed by atoms with Gasteiger partial charge in [0.05, 0.1) is 12.2 Å². The summed E-state index contributed by atoms with van der Waals surface area (Å²) in [5.74, 6) is 1.05. The van der Waals surface area contributed by atoms with E-state index >= 15 is 0 Å². The minimum absolute atomic E-state index is 0.812. The highest BCUT2D eigenvalue weighted by Gasteiger charge is 2.18. The Morgan fingerprint density at radius 2 is 2.45 bits per heavy atom. The Bertz CT molecular complexity index is 286. The van der Waals surface area contributed by atoms with Crippen LogP contribution >= 0.6 is 22.6 Å². The molecule has 0 aromatic rings. The van der Waals surface area contributed by atoms with Crippen molar-refractivity contribution in [1.82, 2.24) is 4.90 Å². The fourth-order valence-electron chi connectivity index (χ4n) is 1.13.